The van der Waals surface area contributed by atoms with E-state index in [1.54, 1.807) is 0 Å². The van der Waals surface area contributed by atoms with Crippen LogP contribution < -0.4 is 10.1 Å². The number of halogens is 1. The van der Waals surface area contributed by atoms with E-state index in [0.29, 0.717) is 17.9 Å². The van der Waals surface area contributed by atoms with Crippen molar-refractivity contribution in [3.8, 4) is 5.75 Å². The molecule has 2 rings (SSSR count). The lowest BCUT2D eigenvalue weighted by atomic mass is 9.90. The summed E-state index contributed by atoms with van der Waals surface area (Å²) >= 11 is 0. The third kappa shape index (κ3) is 1.63. The molecule has 0 radical (unpaired) electrons. The molecule has 1 aromatic carbocycles. The Morgan fingerprint density at radius 2 is 2.38 bits per heavy atom. The first-order valence-corrected chi connectivity index (χ1v) is 4.94. The molecule has 0 spiro atoms. The minimum absolute atomic E-state index is 0.241. The largest absolute Gasteiger partial charge is 0.496 e. The molecule has 5 heteroatoms. The fourth-order valence-corrected chi connectivity index (χ4v) is 2.02. The van der Waals surface area contributed by atoms with Crippen molar-refractivity contribution in [2.45, 2.75) is 12.5 Å². The van der Waals surface area contributed by atoms with E-state index in [1.807, 2.05) is 0 Å². The average molecular weight is 225 g/mol. The summed E-state index contributed by atoms with van der Waals surface area (Å²) in [7, 11) is 1.48. The van der Waals surface area contributed by atoms with E-state index < -0.39 is 17.7 Å². The van der Waals surface area contributed by atoms with Gasteiger partial charge < -0.3 is 15.2 Å². The van der Waals surface area contributed by atoms with Crippen molar-refractivity contribution in [1.29, 1.82) is 0 Å². The number of hydrogen-bond acceptors (Lipinski definition) is 3. The van der Waals surface area contributed by atoms with Crippen LogP contribution in [0.5, 0.6) is 5.75 Å². The standard InChI is InChI=1S/C11H12FNO3/c1-16-9-3-2-8(12)10-6(9)4-13-5-7(10)11(14)15/h2-3,7,13H,4-5H2,1H3,(H,14,15). The van der Waals surface area contributed by atoms with Gasteiger partial charge in [-0.2, -0.15) is 0 Å². The van der Waals surface area contributed by atoms with Gasteiger partial charge in [-0.15, -0.1) is 0 Å². The Hall–Kier alpha value is -1.62. The lowest BCUT2D eigenvalue weighted by Crippen LogP contribution is -2.33. The molecule has 1 aliphatic heterocycles. The van der Waals surface area contributed by atoms with E-state index in [2.05, 4.69) is 5.32 Å². The zero-order valence-electron chi connectivity index (χ0n) is 8.79. The summed E-state index contributed by atoms with van der Waals surface area (Å²) < 4.78 is 18.7. The Morgan fingerprint density at radius 3 is 3.00 bits per heavy atom. The number of rotatable bonds is 2. The number of hydrogen-bond donors (Lipinski definition) is 2. The number of carbonyl (C=O) groups is 1. The van der Waals surface area contributed by atoms with E-state index in [1.165, 1.54) is 19.2 Å². The second-order valence-electron chi connectivity index (χ2n) is 3.66. The molecule has 0 saturated heterocycles. The first-order valence-electron chi connectivity index (χ1n) is 4.94. The normalized spacial score (nSPS) is 19.0. The molecule has 0 amide bonds. The van der Waals surface area contributed by atoms with Crippen LogP contribution in [0.25, 0.3) is 0 Å². The van der Waals surface area contributed by atoms with Crippen LogP contribution in [0.2, 0.25) is 0 Å². The van der Waals surface area contributed by atoms with E-state index >= 15 is 0 Å². The van der Waals surface area contributed by atoms with Crippen LogP contribution in [0.4, 0.5) is 4.39 Å². The van der Waals surface area contributed by atoms with Crippen molar-refractivity contribution >= 4 is 5.97 Å². The van der Waals surface area contributed by atoms with Gasteiger partial charge in [-0.05, 0) is 12.1 Å². The van der Waals surface area contributed by atoms with E-state index in [9.17, 15) is 9.18 Å². The van der Waals surface area contributed by atoms with Crippen molar-refractivity contribution in [2.75, 3.05) is 13.7 Å². The smallest absolute Gasteiger partial charge is 0.312 e. The zero-order chi connectivity index (χ0) is 11.7. The van der Waals surface area contributed by atoms with Crippen molar-refractivity contribution < 1.29 is 19.0 Å². The van der Waals surface area contributed by atoms with Crippen LogP contribution in [0.1, 0.15) is 17.0 Å². The van der Waals surface area contributed by atoms with E-state index in [-0.39, 0.29) is 12.1 Å². The number of carboxylic acid groups (broad SMARTS) is 1. The molecular formula is C11H12FNO3. The Labute approximate surface area is 92.0 Å². The lowest BCUT2D eigenvalue weighted by Gasteiger charge is -2.25. The topological polar surface area (TPSA) is 58.6 Å². The Balaban J connectivity index is 2.58. The van der Waals surface area contributed by atoms with Gasteiger partial charge in [0.05, 0.1) is 13.0 Å². The monoisotopic (exact) mass is 225 g/mol. The summed E-state index contributed by atoms with van der Waals surface area (Å²) in [6.45, 7) is 0.673. The molecule has 1 atom stereocenters. The second kappa shape index (κ2) is 4.09. The van der Waals surface area contributed by atoms with Crippen molar-refractivity contribution in [3.63, 3.8) is 0 Å². The molecule has 1 aromatic rings. The first-order chi connectivity index (χ1) is 7.65. The first kappa shape index (κ1) is 10.9. The number of nitrogens with one attached hydrogen (secondary N) is 1. The number of benzene rings is 1. The summed E-state index contributed by atoms with van der Waals surface area (Å²) in [5.74, 6) is -1.83. The number of fused-ring (bicyclic) bond motifs is 1. The van der Waals surface area contributed by atoms with Gasteiger partial charge in [0.2, 0.25) is 0 Å². The fourth-order valence-electron chi connectivity index (χ4n) is 2.02. The van der Waals surface area contributed by atoms with Crippen LogP contribution in [-0.4, -0.2) is 24.7 Å². The molecule has 1 unspecified atom stereocenters. The Morgan fingerprint density at radius 1 is 1.62 bits per heavy atom. The zero-order valence-corrected chi connectivity index (χ0v) is 8.79. The van der Waals surface area contributed by atoms with Crippen molar-refractivity contribution in [2.24, 2.45) is 0 Å². The van der Waals surface area contributed by atoms with Crippen molar-refractivity contribution in [3.05, 3.63) is 29.1 Å². The van der Waals surface area contributed by atoms with Gasteiger partial charge in [-0.1, -0.05) is 0 Å². The average Bonchev–Trinajstić information content (AvgIpc) is 2.29. The molecule has 0 aliphatic carbocycles. The summed E-state index contributed by atoms with van der Waals surface area (Å²) in [4.78, 5) is 11.0. The molecule has 1 aliphatic rings. The predicted octanol–water partition coefficient (Wildman–Crippen LogP) is 1.11. The summed E-state index contributed by atoms with van der Waals surface area (Å²) in [6, 6.07) is 2.76. The molecule has 4 nitrogen and oxygen atoms in total. The highest BCUT2D eigenvalue weighted by Gasteiger charge is 2.30. The van der Waals surface area contributed by atoms with Gasteiger partial charge in [0.15, 0.2) is 0 Å². The molecule has 16 heavy (non-hydrogen) atoms. The van der Waals surface area contributed by atoms with Gasteiger partial charge in [-0.3, -0.25) is 4.79 Å². The third-order valence-corrected chi connectivity index (χ3v) is 2.78. The number of carboxylic acids is 1. The molecule has 0 saturated carbocycles. The predicted molar refractivity (Wildman–Crippen MR) is 55.0 cm³/mol. The summed E-state index contributed by atoms with van der Waals surface area (Å²) in [5, 5.41) is 12.0. The van der Waals surface area contributed by atoms with Crippen LogP contribution in [0.15, 0.2) is 12.1 Å². The van der Waals surface area contributed by atoms with Gasteiger partial charge in [0, 0.05) is 24.2 Å². The minimum Gasteiger partial charge on any atom is -0.496 e. The summed E-state index contributed by atoms with van der Waals surface area (Å²) in [5.41, 5.74) is 0.840. The molecule has 0 fully saturated rings. The van der Waals surface area contributed by atoms with Crippen LogP contribution in [0.3, 0.4) is 0 Å². The van der Waals surface area contributed by atoms with Crippen LogP contribution in [0, 0.1) is 5.82 Å². The number of ether oxygens (including phenoxy) is 1. The maximum Gasteiger partial charge on any atom is 0.312 e. The second-order valence-corrected chi connectivity index (χ2v) is 3.66. The van der Waals surface area contributed by atoms with Crippen LogP contribution >= 0.6 is 0 Å². The molecular weight excluding hydrogens is 213 g/mol. The summed E-state index contributed by atoms with van der Waals surface area (Å²) in [6.07, 6.45) is 0. The minimum atomic E-state index is -1.03. The van der Waals surface area contributed by atoms with Gasteiger partial charge >= 0.3 is 5.97 Å². The maximum absolute atomic E-state index is 13.7. The highest BCUT2D eigenvalue weighted by molar-refractivity contribution is 5.78. The Bertz CT molecular complexity index is 433. The third-order valence-electron chi connectivity index (χ3n) is 2.78. The van der Waals surface area contributed by atoms with Crippen molar-refractivity contribution in [1.82, 2.24) is 5.32 Å². The molecule has 0 bridgehead atoms. The fraction of sp³-hybridized carbons (Fsp3) is 0.364. The van der Waals surface area contributed by atoms with E-state index in [4.69, 9.17) is 9.84 Å². The highest BCUT2D eigenvalue weighted by atomic mass is 19.1. The Kier molecular flexibility index (Phi) is 2.78. The molecule has 86 valence electrons. The quantitative estimate of drug-likeness (QED) is 0.791. The highest BCUT2D eigenvalue weighted by Crippen LogP contribution is 2.33. The van der Waals surface area contributed by atoms with Gasteiger partial charge in [-0.25, -0.2) is 4.39 Å². The van der Waals surface area contributed by atoms with Crippen LogP contribution in [-0.2, 0) is 11.3 Å². The molecule has 2 N–H and O–H groups in total. The number of aliphatic carboxylic acids is 1. The number of methoxy groups -OCH3 is 1. The SMILES string of the molecule is COc1ccc(F)c2c1CNCC2C(=O)O. The molecule has 0 aromatic heterocycles. The lowest BCUT2D eigenvalue weighted by molar-refractivity contribution is -0.138. The van der Waals surface area contributed by atoms with Gasteiger partial charge in [0.1, 0.15) is 11.6 Å². The van der Waals surface area contributed by atoms with E-state index in [0.717, 1.165) is 0 Å². The maximum atomic E-state index is 13.7. The van der Waals surface area contributed by atoms with Gasteiger partial charge in [0.25, 0.3) is 0 Å². The molecule has 1 heterocycles.